The average molecular weight is 527 g/mol. The maximum atomic E-state index is 13.8. The van der Waals surface area contributed by atoms with Gasteiger partial charge in [0.15, 0.2) is 0 Å². The highest BCUT2D eigenvalue weighted by Crippen LogP contribution is 2.46. The number of hydrogen-bond acceptors (Lipinski definition) is 3. The Bertz CT molecular complexity index is 1240. The summed E-state index contributed by atoms with van der Waals surface area (Å²) < 4.78 is 6.68. The molecule has 2 aliphatic rings. The van der Waals surface area contributed by atoms with E-state index in [1.165, 1.54) is 89.0 Å². The molecule has 39 heavy (non-hydrogen) atoms. The van der Waals surface area contributed by atoms with E-state index in [4.69, 9.17) is 4.74 Å². The molecule has 3 aromatic carbocycles. The van der Waals surface area contributed by atoms with Crippen LogP contribution in [0.1, 0.15) is 102 Å². The van der Waals surface area contributed by atoms with Crippen LogP contribution in [0.2, 0.25) is 0 Å². The Balaban J connectivity index is 1.12. The Kier molecular flexibility index (Phi) is 9.44. The van der Waals surface area contributed by atoms with Crippen molar-refractivity contribution in [3.63, 3.8) is 0 Å². The molecule has 0 radical (unpaired) electrons. The number of nitrogens with zero attached hydrogens (tertiary/aromatic N) is 1. The first-order valence-corrected chi connectivity index (χ1v) is 15.6. The maximum absolute atomic E-state index is 13.8. The number of rotatable bonds is 15. The van der Waals surface area contributed by atoms with E-state index in [0.29, 0.717) is 6.42 Å². The Morgan fingerprint density at radius 2 is 1.36 bits per heavy atom. The Morgan fingerprint density at radius 3 is 2.08 bits per heavy atom. The van der Waals surface area contributed by atoms with E-state index in [9.17, 15) is 4.79 Å². The quantitative estimate of drug-likeness (QED) is 0.201. The van der Waals surface area contributed by atoms with Crippen LogP contribution in [0.3, 0.4) is 0 Å². The molecule has 2 heterocycles. The van der Waals surface area contributed by atoms with Crippen LogP contribution < -0.4 is 15.0 Å². The lowest BCUT2D eigenvalue weighted by atomic mass is 10.0. The fourth-order valence-corrected chi connectivity index (χ4v) is 6.44. The molecule has 0 fully saturated rings. The normalized spacial score (nSPS) is 17.8. The van der Waals surface area contributed by atoms with Crippen LogP contribution in [0.15, 0.2) is 60.7 Å². The molecule has 1 atom stereocenters. The minimum absolute atomic E-state index is 0.0621. The van der Waals surface area contributed by atoms with Crippen molar-refractivity contribution in [3.05, 3.63) is 66.2 Å². The highest BCUT2D eigenvalue weighted by Gasteiger charge is 2.54. The van der Waals surface area contributed by atoms with Crippen molar-refractivity contribution in [1.82, 2.24) is 0 Å². The van der Waals surface area contributed by atoms with Gasteiger partial charge in [-0.3, -0.25) is 4.79 Å². The van der Waals surface area contributed by atoms with E-state index in [1.54, 1.807) is 0 Å². The first-order chi connectivity index (χ1) is 19.2. The monoisotopic (exact) mass is 526 g/mol. The summed E-state index contributed by atoms with van der Waals surface area (Å²) in [6.45, 7) is 3.11. The fourth-order valence-electron chi connectivity index (χ4n) is 6.44. The van der Waals surface area contributed by atoms with Crippen LogP contribution in [-0.2, 0) is 11.2 Å². The van der Waals surface area contributed by atoms with Crippen molar-refractivity contribution < 1.29 is 9.53 Å². The lowest BCUT2D eigenvalue weighted by Crippen LogP contribution is -2.62. The molecule has 4 heteroatoms. The molecule has 3 aromatic rings. The van der Waals surface area contributed by atoms with Gasteiger partial charge in [0.2, 0.25) is 0 Å². The first kappa shape index (κ1) is 27.6. The number of hydrogen-bond donors (Lipinski definition) is 1. The zero-order valence-corrected chi connectivity index (χ0v) is 23.9. The van der Waals surface area contributed by atoms with Gasteiger partial charge in [0.25, 0.3) is 11.6 Å². The highest BCUT2D eigenvalue weighted by atomic mass is 16.5. The number of amides is 1. The molecule has 4 nitrogen and oxygen atoms in total. The summed E-state index contributed by atoms with van der Waals surface area (Å²) in [5.74, 6) is 0.694. The molecule has 0 saturated carbocycles. The van der Waals surface area contributed by atoms with Gasteiger partial charge in [-0.05, 0) is 29.5 Å². The third-order valence-electron chi connectivity index (χ3n) is 8.65. The molecular weight excluding hydrogens is 480 g/mol. The predicted molar refractivity (Wildman–Crippen MR) is 164 cm³/mol. The Labute approximate surface area is 235 Å². The van der Waals surface area contributed by atoms with Crippen molar-refractivity contribution in [1.29, 1.82) is 0 Å². The zero-order valence-electron chi connectivity index (χ0n) is 23.9. The van der Waals surface area contributed by atoms with Crippen molar-refractivity contribution in [2.24, 2.45) is 0 Å². The number of anilines is 2. The minimum Gasteiger partial charge on any atom is -0.456 e. The average Bonchev–Trinajstić information content (AvgIpc) is 3.27. The van der Waals surface area contributed by atoms with Crippen LogP contribution in [0.4, 0.5) is 11.4 Å². The van der Waals surface area contributed by atoms with E-state index in [1.807, 2.05) is 24.3 Å². The van der Waals surface area contributed by atoms with Gasteiger partial charge in [-0.2, -0.15) is 0 Å². The maximum Gasteiger partial charge on any atom is 0.290 e. The molecular formula is C35H46N2O2. The summed E-state index contributed by atoms with van der Waals surface area (Å²) in [5, 5.41) is 5.37. The SMILES string of the molecule is CCCCCCCCCCCCCCCCN1c2ccccc2CC12Oc1ccc3ccccc3c1NC2=O. The number of carbonyl (C=O) groups is 1. The zero-order chi connectivity index (χ0) is 26.9. The Morgan fingerprint density at radius 1 is 0.744 bits per heavy atom. The second-order valence-electron chi connectivity index (χ2n) is 11.6. The van der Waals surface area contributed by atoms with E-state index < -0.39 is 5.72 Å². The smallest absolute Gasteiger partial charge is 0.290 e. The molecule has 1 spiro atoms. The van der Waals surface area contributed by atoms with Crippen molar-refractivity contribution >= 4 is 28.1 Å². The van der Waals surface area contributed by atoms with Crippen LogP contribution in [0.5, 0.6) is 5.75 Å². The van der Waals surface area contributed by atoms with Gasteiger partial charge in [-0.1, -0.05) is 139 Å². The number of para-hydroxylation sites is 1. The fraction of sp³-hybridized carbons (Fsp3) is 0.514. The van der Waals surface area contributed by atoms with Gasteiger partial charge in [0.1, 0.15) is 5.75 Å². The number of ether oxygens (including phenoxy) is 1. The summed E-state index contributed by atoms with van der Waals surface area (Å²) in [6, 6.07) is 20.6. The van der Waals surface area contributed by atoms with Crippen LogP contribution in [0, 0.1) is 0 Å². The summed E-state index contributed by atoms with van der Waals surface area (Å²) in [6.07, 6.45) is 19.3. The molecule has 0 aliphatic carbocycles. The topological polar surface area (TPSA) is 41.6 Å². The molecule has 2 aliphatic heterocycles. The summed E-state index contributed by atoms with van der Waals surface area (Å²) in [4.78, 5) is 16.0. The highest BCUT2D eigenvalue weighted by molar-refractivity contribution is 6.10. The molecule has 0 saturated heterocycles. The largest absolute Gasteiger partial charge is 0.456 e. The van der Waals surface area contributed by atoms with E-state index >= 15 is 0 Å². The lowest BCUT2D eigenvalue weighted by Gasteiger charge is -2.42. The summed E-state index contributed by atoms with van der Waals surface area (Å²) in [7, 11) is 0. The number of benzene rings is 3. The summed E-state index contributed by atoms with van der Waals surface area (Å²) in [5.41, 5.74) is 2.08. The third kappa shape index (κ3) is 6.26. The second-order valence-corrected chi connectivity index (χ2v) is 11.6. The number of carbonyl (C=O) groups excluding carboxylic acids is 1. The molecule has 1 N–H and O–H groups in total. The van der Waals surface area contributed by atoms with Gasteiger partial charge in [-0.25, -0.2) is 0 Å². The van der Waals surface area contributed by atoms with Crippen LogP contribution >= 0.6 is 0 Å². The number of nitrogens with one attached hydrogen (secondary N) is 1. The lowest BCUT2D eigenvalue weighted by molar-refractivity contribution is -0.131. The molecule has 5 rings (SSSR count). The predicted octanol–water partition coefficient (Wildman–Crippen LogP) is 9.41. The molecule has 0 bridgehead atoms. The van der Waals surface area contributed by atoms with E-state index in [2.05, 4.69) is 53.5 Å². The van der Waals surface area contributed by atoms with Crippen LogP contribution in [-0.4, -0.2) is 18.2 Å². The van der Waals surface area contributed by atoms with Crippen molar-refractivity contribution in [3.8, 4) is 5.75 Å². The van der Waals surface area contributed by atoms with Gasteiger partial charge in [0.05, 0.1) is 5.69 Å². The van der Waals surface area contributed by atoms with Gasteiger partial charge in [-0.15, -0.1) is 0 Å². The van der Waals surface area contributed by atoms with E-state index in [0.717, 1.165) is 40.9 Å². The van der Waals surface area contributed by atoms with Crippen molar-refractivity contribution in [2.75, 3.05) is 16.8 Å². The van der Waals surface area contributed by atoms with Gasteiger partial charge < -0.3 is 15.0 Å². The standard InChI is InChI=1S/C35H46N2O2/c1-2-3-4-5-6-7-8-9-10-11-12-13-14-19-26-37-31-23-18-16-21-29(31)27-35(37)34(38)36-33-30-22-17-15-20-28(30)24-25-32(33)39-35/h15-18,20-25H,2-14,19,26-27H2,1H3,(H,36,38). The molecule has 208 valence electrons. The number of unbranched alkanes of at least 4 members (excludes halogenated alkanes) is 13. The van der Waals surface area contributed by atoms with Crippen molar-refractivity contribution in [2.45, 2.75) is 109 Å². The molecule has 1 amide bonds. The molecule has 0 aromatic heterocycles. The van der Waals surface area contributed by atoms with Gasteiger partial charge in [0, 0.05) is 24.0 Å². The molecule has 1 unspecified atom stereocenters. The Hall–Kier alpha value is -3.01. The summed E-state index contributed by atoms with van der Waals surface area (Å²) >= 11 is 0. The van der Waals surface area contributed by atoms with Gasteiger partial charge >= 0.3 is 0 Å². The minimum atomic E-state index is -1.02. The first-order valence-electron chi connectivity index (χ1n) is 15.6. The van der Waals surface area contributed by atoms with Crippen LogP contribution in [0.25, 0.3) is 10.8 Å². The second kappa shape index (κ2) is 13.4. The van der Waals surface area contributed by atoms with E-state index in [-0.39, 0.29) is 5.91 Å². The third-order valence-corrected chi connectivity index (χ3v) is 8.65. The number of fused-ring (bicyclic) bond motifs is 4.